The Labute approximate surface area is 111 Å². The highest BCUT2D eigenvalue weighted by atomic mass is 19.1. The van der Waals surface area contributed by atoms with Crippen LogP contribution in [-0.2, 0) is 13.1 Å². The van der Waals surface area contributed by atoms with Crippen LogP contribution in [0.15, 0.2) is 36.4 Å². The van der Waals surface area contributed by atoms with Crippen LogP contribution in [0.4, 0.5) is 15.8 Å². The van der Waals surface area contributed by atoms with E-state index in [-0.39, 0.29) is 5.82 Å². The lowest BCUT2D eigenvalue weighted by Gasteiger charge is -2.19. The van der Waals surface area contributed by atoms with E-state index in [9.17, 15) is 4.39 Å². The van der Waals surface area contributed by atoms with Crippen molar-refractivity contribution in [1.82, 2.24) is 0 Å². The molecule has 0 fully saturated rings. The van der Waals surface area contributed by atoms with E-state index in [0.717, 1.165) is 16.8 Å². The fourth-order valence-electron chi connectivity index (χ4n) is 2.48. The highest BCUT2D eigenvalue weighted by Crippen LogP contribution is 2.34. The summed E-state index contributed by atoms with van der Waals surface area (Å²) in [6.45, 7) is 1.30. The fraction of sp³-hybridized carbons (Fsp3) is 0.200. The summed E-state index contributed by atoms with van der Waals surface area (Å²) in [5, 5.41) is 0. The SMILES string of the molecule is COc1ccc(F)c(N2Cc3cccc(N)c3C2)c1. The van der Waals surface area contributed by atoms with Gasteiger partial charge in [0, 0.05) is 24.8 Å². The molecule has 19 heavy (non-hydrogen) atoms. The monoisotopic (exact) mass is 258 g/mol. The lowest BCUT2D eigenvalue weighted by molar-refractivity contribution is 0.413. The van der Waals surface area contributed by atoms with Crippen LogP contribution in [0.25, 0.3) is 0 Å². The Bertz CT molecular complexity index is 628. The minimum Gasteiger partial charge on any atom is -0.497 e. The van der Waals surface area contributed by atoms with Crippen molar-refractivity contribution in [1.29, 1.82) is 0 Å². The normalized spacial score (nSPS) is 13.5. The molecule has 0 bridgehead atoms. The van der Waals surface area contributed by atoms with Crippen LogP contribution in [0.1, 0.15) is 11.1 Å². The number of methoxy groups -OCH3 is 1. The first kappa shape index (κ1) is 11.8. The first-order valence-electron chi connectivity index (χ1n) is 6.14. The average Bonchev–Trinajstić information content (AvgIpc) is 2.84. The van der Waals surface area contributed by atoms with Crippen molar-refractivity contribution >= 4 is 11.4 Å². The predicted octanol–water partition coefficient (Wildman–Crippen LogP) is 2.94. The average molecular weight is 258 g/mol. The van der Waals surface area contributed by atoms with E-state index in [2.05, 4.69) is 0 Å². The van der Waals surface area contributed by atoms with Crippen molar-refractivity contribution in [2.24, 2.45) is 0 Å². The van der Waals surface area contributed by atoms with Gasteiger partial charge in [-0.25, -0.2) is 4.39 Å². The van der Waals surface area contributed by atoms with E-state index in [1.165, 1.54) is 6.07 Å². The molecule has 0 amide bonds. The topological polar surface area (TPSA) is 38.5 Å². The number of ether oxygens (including phenoxy) is 1. The number of benzene rings is 2. The summed E-state index contributed by atoms with van der Waals surface area (Å²) in [5.74, 6) is 0.410. The van der Waals surface area contributed by atoms with E-state index in [0.29, 0.717) is 24.5 Å². The van der Waals surface area contributed by atoms with Gasteiger partial charge in [0.1, 0.15) is 11.6 Å². The maximum atomic E-state index is 14.0. The van der Waals surface area contributed by atoms with Gasteiger partial charge in [0.15, 0.2) is 0 Å². The van der Waals surface area contributed by atoms with Crippen LogP contribution < -0.4 is 15.4 Å². The molecule has 1 heterocycles. The molecule has 0 aliphatic carbocycles. The summed E-state index contributed by atoms with van der Waals surface area (Å²) in [6, 6.07) is 10.6. The number of rotatable bonds is 2. The number of hydrogen-bond acceptors (Lipinski definition) is 3. The van der Waals surface area contributed by atoms with Gasteiger partial charge in [-0.05, 0) is 29.3 Å². The summed E-state index contributed by atoms with van der Waals surface area (Å²) in [7, 11) is 1.58. The van der Waals surface area contributed by atoms with Crippen molar-refractivity contribution in [2.75, 3.05) is 17.7 Å². The third kappa shape index (κ3) is 1.99. The summed E-state index contributed by atoms with van der Waals surface area (Å²) in [4.78, 5) is 1.97. The van der Waals surface area contributed by atoms with Gasteiger partial charge in [-0.2, -0.15) is 0 Å². The Balaban J connectivity index is 1.96. The van der Waals surface area contributed by atoms with Crippen LogP contribution in [0.3, 0.4) is 0 Å². The fourth-order valence-corrected chi connectivity index (χ4v) is 2.48. The maximum Gasteiger partial charge on any atom is 0.146 e. The molecular formula is C15H15FN2O. The molecule has 0 saturated carbocycles. The third-order valence-electron chi connectivity index (χ3n) is 3.51. The number of nitrogens with zero attached hydrogens (tertiary/aromatic N) is 1. The molecule has 0 saturated heterocycles. The summed E-state index contributed by atoms with van der Waals surface area (Å²) < 4.78 is 19.1. The first-order chi connectivity index (χ1) is 9.19. The van der Waals surface area contributed by atoms with Gasteiger partial charge in [-0.1, -0.05) is 12.1 Å². The highest BCUT2D eigenvalue weighted by Gasteiger charge is 2.23. The second-order valence-corrected chi connectivity index (χ2v) is 4.66. The summed E-state index contributed by atoms with van der Waals surface area (Å²) in [5.41, 5.74) is 9.52. The van der Waals surface area contributed by atoms with Gasteiger partial charge in [0.2, 0.25) is 0 Å². The largest absolute Gasteiger partial charge is 0.497 e. The van der Waals surface area contributed by atoms with E-state index in [4.69, 9.17) is 10.5 Å². The number of nitrogen functional groups attached to an aromatic ring is 1. The van der Waals surface area contributed by atoms with Crippen LogP contribution in [0.5, 0.6) is 5.75 Å². The Morgan fingerprint density at radius 3 is 2.79 bits per heavy atom. The van der Waals surface area contributed by atoms with Crippen LogP contribution in [-0.4, -0.2) is 7.11 Å². The second-order valence-electron chi connectivity index (χ2n) is 4.66. The molecule has 2 aromatic carbocycles. The molecule has 2 aromatic rings. The Hall–Kier alpha value is -2.23. The number of fused-ring (bicyclic) bond motifs is 1. The zero-order valence-corrected chi connectivity index (χ0v) is 10.7. The molecule has 0 radical (unpaired) electrons. The third-order valence-corrected chi connectivity index (χ3v) is 3.51. The van der Waals surface area contributed by atoms with Gasteiger partial charge in [0.05, 0.1) is 12.8 Å². The first-order valence-corrected chi connectivity index (χ1v) is 6.14. The summed E-state index contributed by atoms with van der Waals surface area (Å²) >= 11 is 0. The zero-order valence-electron chi connectivity index (χ0n) is 10.7. The number of hydrogen-bond donors (Lipinski definition) is 1. The molecule has 0 atom stereocenters. The van der Waals surface area contributed by atoms with E-state index in [1.807, 2.05) is 23.1 Å². The van der Waals surface area contributed by atoms with Crippen molar-refractivity contribution in [2.45, 2.75) is 13.1 Å². The Morgan fingerprint density at radius 1 is 1.21 bits per heavy atom. The smallest absolute Gasteiger partial charge is 0.146 e. The number of halogens is 1. The maximum absolute atomic E-state index is 14.0. The Morgan fingerprint density at radius 2 is 2.05 bits per heavy atom. The van der Waals surface area contributed by atoms with Crippen molar-refractivity contribution in [3.8, 4) is 5.75 Å². The van der Waals surface area contributed by atoms with Crippen molar-refractivity contribution in [3.63, 3.8) is 0 Å². The summed E-state index contributed by atoms with van der Waals surface area (Å²) in [6.07, 6.45) is 0. The lowest BCUT2D eigenvalue weighted by Crippen LogP contribution is -2.16. The van der Waals surface area contributed by atoms with E-state index in [1.54, 1.807) is 19.2 Å². The van der Waals surface area contributed by atoms with Gasteiger partial charge in [0.25, 0.3) is 0 Å². The minimum absolute atomic E-state index is 0.243. The van der Waals surface area contributed by atoms with Gasteiger partial charge >= 0.3 is 0 Å². The molecule has 0 aromatic heterocycles. The minimum atomic E-state index is -0.243. The number of anilines is 2. The van der Waals surface area contributed by atoms with E-state index >= 15 is 0 Å². The standard InChI is InChI=1S/C15H15FN2O/c1-19-11-5-6-13(16)15(7-11)18-8-10-3-2-4-14(17)12(10)9-18/h2-7H,8-9,17H2,1H3. The van der Waals surface area contributed by atoms with Gasteiger partial charge in [-0.15, -0.1) is 0 Å². The molecule has 0 unspecified atom stereocenters. The second kappa shape index (κ2) is 4.46. The van der Waals surface area contributed by atoms with Crippen molar-refractivity contribution in [3.05, 3.63) is 53.3 Å². The predicted molar refractivity (Wildman–Crippen MR) is 73.7 cm³/mol. The molecule has 1 aliphatic heterocycles. The zero-order chi connectivity index (χ0) is 13.4. The van der Waals surface area contributed by atoms with Crippen molar-refractivity contribution < 1.29 is 9.13 Å². The molecule has 2 N–H and O–H groups in total. The molecule has 3 nitrogen and oxygen atoms in total. The van der Waals surface area contributed by atoms with Gasteiger partial charge in [-0.3, -0.25) is 0 Å². The van der Waals surface area contributed by atoms with Crippen LogP contribution in [0, 0.1) is 5.82 Å². The molecule has 3 rings (SSSR count). The highest BCUT2D eigenvalue weighted by molar-refractivity contribution is 5.61. The molecule has 1 aliphatic rings. The van der Waals surface area contributed by atoms with Gasteiger partial charge < -0.3 is 15.4 Å². The quantitative estimate of drug-likeness (QED) is 0.842. The molecule has 0 spiro atoms. The number of nitrogens with two attached hydrogens (primary N) is 1. The Kier molecular flexibility index (Phi) is 2.78. The lowest BCUT2D eigenvalue weighted by atomic mass is 10.1. The van der Waals surface area contributed by atoms with E-state index < -0.39 is 0 Å². The molecular weight excluding hydrogens is 243 g/mol. The molecule has 4 heteroatoms. The van der Waals surface area contributed by atoms with Crippen LogP contribution in [0.2, 0.25) is 0 Å². The van der Waals surface area contributed by atoms with Crippen LogP contribution >= 0.6 is 0 Å². The molecule has 98 valence electrons.